The fourth-order valence-electron chi connectivity index (χ4n) is 1.87. The Bertz CT molecular complexity index is 675. The van der Waals surface area contributed by atoms with Gasteiger partial charge in [0.15, 0.2) is 5.78 Å². The van der Waals surface area contributed by atoms with Crippen molar-refractivity contribution in [1.82, 2.24) is 0 Å². The van der Waals surface area contributed by atoms with Crippen LogP contribution in [0.1, 0.15) is 34.0 Å². The summed E-state index contributed by atoms with van der Waals surface area (Å²) in [4.78, 5) is 12.0. The van der Waals surface area contributed by atoms with Crippen LogP contribution in [0.3, 0.4) is 0 Å². The first-order valence-corrected chi connectivity index (χ1v) is 6.54. The number of carbonyl (C=O) groups excluding carboxylic acids is 1. The molecule has 98 valence electrons. The van der Waals surface area contributed by atoms with Gasteiger partial charge in [-0.3, -0.25) is 4.79 Å². The Kier molecular flexibility index (Phi) is 4.47. The van der Waals surface area contributed by atoms with Crippen LogP contribution in [0.2, 0.25) is 0 Å². The quantitative estimate of drug-likeness (QED) is 0.616. The Balaban J connectivity index is 2.13. The molecule has 0 fully saturated rings. The third-order valence-electron chi connectivity index (χ3n) is 3.09. The van der Waals surface area contributed by atoms with Crippen LogP contribution in [-0.2, 0) is 6.42 Å². The van der Waals surface area contributed by atoms with Crippen LogP contribution in [0.15, 0.2) is 54.6 Å². The molecule has 0 bridgehead atoms. The average Bonchev–Trinajstić information content (AvgIpc) is 2.53. The monoisotopic (exact) mass is 261 g/mol. The van der Waals surface area contributed by atoms with E-state index < -0.39 is 0 Å². The molecular formula is C18H15NO. The number of aryl methyl sites for hydroxylation is 1. The second kappa shape index (κ2) is 6.49. The van der Waals surface area contributed by atoms with E-state index in [1.807, 2.05) is 18.2 Å². The van der Waals surface area contributed by atoms with E-state index in [9.17, 15) is 4.79 Å². The lowest BCUT2D eigenvalue weighted by atomic mass is 10.1. The summed E-state index contributed by atoms with van der Waals surface area (Å²) in [6.07, 6.45) is 4.34. The fraction of sp³-hybridized carbons (Fsp3) is 0.111. The van der Waals surface area contributed by atoms with Gasteiger partial charge in [-0.25, -0.2) is 0 Å². The predicted molar refractivity (Wildman–Crippen MR) is 80.3 cm³/mol. The lowest BCUT2D eigenvalue weighted by molar-refractivity contribution is 0.104. The molecule has 0 aliphatic heterocycles. The summed E-state index contributed by atoms with van der Waals surface area (Å²) in [6, 6.07) is 16.9. The summed E-state index contributed by atoms with van der Waals surface area (Å²) in [7, 11) is 0. The molecule has 0 spiro atoms. The van der Waals surface area contributed by atoms with Gasteiger partial charge < -0.3 is 0 Å². The van der Waals surface area contributed by atoms with Crippen molar-refractivity contribution in [2.75, 3.05) is 0 Å². The number of rotatable bonds is 4. The van der Waals surface area contributed by atoms with Gasteiger partial charge in [0.25, 0.3) is 0 Å². The van der Waals surface area contributed by atoms with Gasteiger partial charge in [0.2, 0.25) is 0 Å². The third-order valence-corrected chi connectivity index (χ3v) is 3.09. The normalized spacial score (nSPS) is 10.4. The molecule has 2 aromatic carbocycles. The first-order chi connectivity index (χ1) is 9.72. The van der Waals surface area contributed by atoms with Crippen LogP contribution in [-0.4, -0.2) is 5.78 Å². The van der Waals surface area contributed by atoms with Crippen LogP contribution in [0.4, 0.5) is 0 Å². The molecule has 0 aromatic heterocycles. The molecule has 2 heteroatoms. The van der Waals surface area contributed by atoms with E-state index in [1.54, 1.807) is 30.3 Å². The van der Waals surface area contributed by atoms with Crippen molar-refractivity contribution >= 4 is 11.9 Å². The maximum Gasteiger partial charge on any atom is 0.185 e. The average molecular weight is 261 g/mol. The molecule has 0 amide bonds. The molecule has 0 aliphatic carbocycles. The van der Waals surface area contributed by atoms with Crippen molar-refractivity contribution in [1.29, 1.82) is 5.26 Å². The highest BCUT2D eigenvalue weighted by Crippen LogP contribution is 2.09. The number of carbonyl (C=O) groups is 1. The molecule has 0 unspecified atom stereocenters. The van der Waals surface area contributed by atoms with Crippen LogP contribution in [0.25, 0.3) is 6.08 Å². The number of allylic oxidation sites excluding steroid dienone is 1. The maximum absolute atomic E-state index is 12.0. The van der Waals surface area contributed by atoms with Gasteiger partial charge >= 0.3 is 0 Å². The van der Waals surface area contributed by atoms with Gasteiger partial charge in [0.05, 0.1) is 11.6 Å². The number of hydrogen-bond donors (Lipinski definition) is 0. The van der Waals surface area contributed by atoms with Crippen LogP contribution < -0.4 is 0 Å². The summed E-state index contributed by atoms with van der Waals surface area (Å²) < 4.78 is 0. The van der Waals surface area contributed by atoms with Gasteiger partial charge in [-0.15, -0.1) is 0 Å². The SMILES string of the molecule is CCc1ccc(/C=C/C(=O)c2cccc(C#N)c2)cc1. The molecule has 0 heterocycles. The maximum atomic E-state index is 12.0. The second-order valence-corrected chi connectivity index (χ2v) is 4.49. The van der Waals surface area contributed by atoms with Crippen molar-refractivity contribution in [2.45, 2.75) is 13.3 Å². The van der Waals surface area contributed by atoms with E-state index in [0.717, 1.165) is 12.0 Å². The summed E-state index contributed by atoms with van der Waals surface area (Å²) in [6.45, 7) is 2.11. The molecule has 2 aromatic rings. The predicted octanol–water partition coefficient (Wildman–Crippen LogP) is 4.02. The standard InChI is InChI=1S/C18H15NO/c1-2-14-6-8-15(9-7-14)10-11-18(20)17-5-3-4-16(12-17)13-19/h3-12H,2H2,1H3/b11-10+. The van der Waals surface area contributed by atoms with Gasteiger partial charge in [0, 0.05) is 5.56 Å². The highest BCUT2D eigenvalue weighted by atomic mass is 16.1. The van der Waals surface area contributed by atoms with E-state index in [4.69, 9.17) is 5.26 Å². The van der Waals surface area contributed by atoms with Gasteiger partial charge in [-0.05, 0) is 35.8 Å². The van der Waals surface area contributed by atoms with Crippen molar-refractivity contribution in [3.05, 3.63) is 76.9 Å². The first kappa shape index (κ1) is 13.8. The molecule has 0 aliphatic rings. The largest absolute Gasteiger partial charge is 0.289 e. The Morgan fingerprint density at radius 1 is 1.20 bits per heavy atom. The Morgan fingerprint density at radius 2 is 1.95 bits per heavy atom. The minimum atomic E-state index is -0.0957. The summed E-state index contributed by atoms with van der Waals surface area (Å²) in [5.41, 5.74) is 3.30. The minimum Gasteiger partial charge on any atom is -0.289 e. The van der Waals surface area contributed by atoms with Crippen LogP contribution in [0, 0.1) is 11.3 Å². The Hall–Kier alpha value is -2.66. The van der Waals surface area contributed by atoms with Gasteiger partial charge in [-0.1, -0.05) is 49.4 Å². The molecule has 2 rings (SSSR count). The van der Waals surface area contributed by atoms with E-state index in [0.29, 0.717) is 11.1 Å². The number of hydrogen-bond acceptors (Lipinski definition) is 2. The van der Waals surface area contributed by atoms with E-state index in [-0.39, 0.29) is 5.78 Å². The molecule has 0 saturated carbocycles. The van der Waals surface area contributed by atoms with Crippen molar-refractivity contribution in [3.63, 3.8) is 0 Å². The zero-order valence-corrected chi connectivity index (χ0v) is 11.3. The van der Waals surface area contributed by atoms with Gasteiger partial charge in [-0.2, -0.15) is 5.26 Å². The van der Waals surface area contributed by atoms with Crippen LogP contribution >= 0.6 is 0 Å². The summed E-state index contributed by atoms with van der Waals surface area (Å²) in [5.74, 6) is -0.0957. The molecule has 0 atom stereocenters. The van der Waals surface area contributed by atoms with Crippen molar-refractivity contribution in [3.8, 4) is 6.07 Å². The molecule has 20 heavy (non-hydrogen) atoms. The summed E-state index contributed by atoms with van der Waals surface area (Å²) >= 11 is 0. The fourth-order valence-corrected chi connectivity index (χ4v) is 1.87. The highest BCUT2D eigenvalue weighted by molar-refractivity contribution is 6.06. The lowest BCUT2D eigenvalue weighted by Crippen LogP contribution is -1.94. The Morgan fingerprint density at radius 3 is 2.60 bits per heavy atom. The molecular weight excluding hydrogens is 246 g/mol. The first-order valence-electron chi connectivity index (χ1n) is 6.54. The van der Waals surface area contributed by atoms with E-state index in [2.05, 4.69) is 19.1 Å². The number of nitriles is 1. The molecule has 0 saturated heterocycles. The zero-order valence-electron chi connectivity index (χ0n) is 11.3. The smallest absolute Gasteiger partial charge is 0.185 e. The van der Waals surface area contributed by atoms with E-state index >= 15 is 0 Å². The Labute approximate surface area is 119 Å². The second-order valence-electron chi connectivity index (χ2n) is 4.49. The van der Waals surface area contributed by atoms with Gasteiger partial charge in [0.1, 0.15) is 0 Å². The van der Waals surface area contributed by atoms with Crippen LogP contribution in [0.5, 0.6) is 0 Å². The zero-order chi connectivity index (χ0) is 14.4. The van der Waals surface area contributed by atoms with E-state index in [1.165, 1.54) is 11.6 Å². The number of benzene rings is 2. The van der Waals surface area contributed by atoms with Crippen molar-refractivity contribution in [2.24, 2.45) is 0 Å². The topological polar surface area (TPSA) is 40.9 Å². The number of ketones is 1. The minimum absolute atomic E-state index is 0.0957. The lowest BCUT2D eigenvalue weighted by Gasteiger charge is -1.98. The molecule has 0 N–H and O–H groups in total. The highest BCUT2D eigenvalue weighted by Gasteiger charge is 2.02. The van der Waals surface area contributed by atoms with Crippen molar-refractivity contribution < 1.29 is 4.79 Å². The third kappa shape index (κ3) is 3.43. The summed E-state index contributed by atoms with van der Waals surface area (Å²) in [5, 5.41) is 8.82. The number of nitrogens with zero attached hydrogens (tertiary/aromatic N) is 1. The molecule has 0 radical (unpaired) electrons. The molecule has 2 nitrogen and oxygen atoms in total.